The first kappa shape index (κ1) is 16.0. The van der Waals surface area contributed by atoms with Gasteiger partial charge < -0.3 is 10.2 Å². The van der Waals surface area contributed by atoms with Crippen LogP contribution in [0.3, 0.4) is 0 Å². The zero-order valence-corrected chi connectivity index (χ0v) is 13.4. The van der Waals surface area contributed by atoms with Crippen LogP contribution in [0.4, 0.5) is 0 Å². The fourth-order valence-electron chi connectivity index (χ4n) is 2.88. The van der Waals surface area contributed by atoms with E-state index in [0.29, 0.717) is 0 Å². The summed E-state index contributed by atoms with van der Waals surface area (Å²) < 4.78 is 1.03. The molecule has 2 N–H and O–H groups in total. The predicted molar refractivity (Wildman–Crippen MR) is 84.6 cm³/mol. The Morgan fingerprint density at radius 2 is 1.95 bits per heavy atom. The van der Waals surface area contributed by atoms with Gasteiger partial charge in [-0.05, 0) is 43.5 Å². The minimum atomic E-state index is -0.425. The van der Waals surface area contributed by atoms with Gasteiger partial charge in [-0.3, -0.25) is 4.90 Å². The molecule has 20 heavy (non-hydrogen) atoms. The van der Waals surface area contributed by atoms with Gasteiger partial charge in [-0.25, -0.2) is 0 Å². The van der Waals surface area contributed by atoms with Crippen molar-refractivity contribution in [2.24, 2.45) is 0 Å². The SMILES string of the molecule is OCC1CCCCCN1CCC(O)c1ccc(Br)cc1. The smallest absolute Gasteiger partial charge is 0.0802 e. The van der Waals surface area contributed by atoms with Crippen molar-refractivity contribution in [3.8, 4) is 0 Å². The Bertz CT molecular complexity index is 396. The molecule has 2 atom stereocenters. The van der Waals surface area contributed by atoms with Gasteiger partial charge in [0.05, 0.1) is 12.7 Å². The van der Waals surface area contributed by atoms with Gasteiger partial charge in [-0.1, -0.05) is 40.9 Å². The molecule has 4 heteroatoms. The van der Waals surface area contributed by atoms with E-state index < -0.39 is 6.10 Å². The monoisotopic (exact) mass is 341 g/mol. The summed E-state index contributed by atoms with van der Waals surface area (Å²) in [6, 6.07) is 8.11. The Balaban J connectivity index is 1.87. The topological polar surface area (TPSA) is 43.7 Å². The van der Waals surface area contributed by atoms with Crippen LogP contribution in [0.2, 0.25) is 0 Å². The van der Waals surface area contributed by atoms with E-state index in [0.717, 1.165) is 36.0 Å². The van der Waals surface area contributed by atoms with Gasteiger partial charge in [0.1, 0.15) is 0 Å². The number of rotatable bonds is 5. The maximum absolute atomic E-state index is 10.3. The van der Waals surface area contributed by atoms with Gasteiger partial charge >= 0.3 is 0 Å². The Hall–Kier alpha value is -0.420. The quantitative estimate of drug-likeness (QED) is 0.864. The number of benzene rings is 1. The van der Waals surface area contributed by atoms with Crippen molar-refractivity contribution in [2.75, 3.05) is 19.7 Å². The molecule has 0 radical (unpaired) electrons. The first-order valence-corrected chi connectivity index (χ1v) is 8.28. The first-order valence-electron chi connectivity index (χ1n) is 7.49. The van der Waals surface area contributed by atoms with E-state index in [-0.39, 0.29) is 12.6 Å². The van der Waals surface area contributed by atoms with Crippen molar-refractivity contribution in [1.82, 2.24) is 4.90 Å². The Labute approximate surface area is 129 Å². The lowest BCUT2D eigenvalue weighted by Gasteiger charge is -2.29. The van der Waals surface area contributed by atoms with E-state index in [9.17, 15) is 10.2 Å². The highest BCUT2D eigenvalue weighted by Crippen LogP contribution is 2.22. The maximum Gasteiger partial charge on any atom is 0.0802 e. The highest BCUT2D eigenvalue weighted by molar-refractivity contribution is 9.10. The van der Waals surface area contributed by atoms with Gasteiger partial charge in [0.2, 0.25) is 0 Å². The molecule has 1 aliphatic heterocycles. The number of aliphatic hydroxyl groups is 2. The van der Waals surface area contributed by atoms with E-state index >= 15 is 0 Å². The molecule has 112 valence electrons. The van der Waals surface area contributed by atoms with Crippen LogP contribution in [0.25, 0.3) is 0 Å². The molecule has 2 unspecified atom stereocenters. The lowest BCUT2D eigenvalue weighted by atomic mass is 10.1. The predicted octanol–water partition coefficient (Wildman–Crippen LogP) is 3.11. The number of likely N-dealkylation sites (tertiary alicyclic amines) is 1. The summed E-state index contributed by atoms with van der Waals surface area (Å²) in [6.07, 6.45) is 5.03. The molecule has 1 fully saturated rings. The molecular formula is C16H24BrNO2. The molecule has 3 nitrogen and oxygen atoms in total. The third-order valence-electron chi connectivity index (χ3n) is 4.15. The molecule has 0 spiro atoms. The van der Waals surface area contributed by atoms with Crippen molar-refractivity contribution in [1.29, 1.82) is 0 Å². The third-order valence-corrected chi connectivity index (χ3v) is 4.68. The zero-order chi connectivity index (χ0) is 14.4. The maximum atomic E-state index is 10.3. The van der Waals surface area contributed by atoms with Crippen molar-refractivity contribution in [3.63, 3.8) is 0 Å². The standard InChI is InChI=1S/C16H24BrNO2/c17-14-7-5-13(6-8-14)16(20)9-11-18-10-3-1-2-4-15(18)12-19/h5-8,15-16,19-20H,1-4,9-12H2. The molecule has 1 aliphatic rings. The number of halogens is 1. The summed E-state index contributed by atoms with van der Waals surface area (Å²) in [6.45, 7) is 2.12. The van der Waals surface area contributed by atoms with E-state index in [1.165, 1.54) is 19.3 Å². The third kappa shape index (κ3) is 4.55. The second-order valence-corrected chi connectivity index (χ2v) is 6.49. The van der Waals surface area contributed by atoms with Crippen LogP contribution in [0.1, 0.15) is 43.8 Å². The summed E-state index contributed by atoms with van der Waals surface area (Å²) in [5.74, 6) is 0. The molecule has 1 saturated heterocycles. The molecule has 1 heterocycles. The molecule has 1 aromatic carbocycles. The van der Waals surface area contributed by atoms with Crippen LogP contribution in [0.5, 0.6) is 0 Å². The average Bonchev–Trinajstić information content (AvgIpc) is 2.70. The van der Waals surface area contributed by atoms with Crippen molar-refractivity contribution in [3.05, 3.63) is 34.3 Å². The lowest BCUT2D eigenvalue weighted by molar-refractivity contribution is 0.0947. The van der Waals surface area contributed by atoms with Crippen LogP contribution in [0.15, 0.2) is 28.7 Å². The van der Waals surface area contributed by atoms with Crippen LogP contribution in [-0.4, -0.2) is 40.9 Å². The molecule has 0 amide bonds. The second-order valence-electron chi connectivity index (χ2n) is 5.58. The lowest BCUT2D eigenvalue weighted by Crippen LogP contribution is -2.38. The molecule has 0 saturated carbocycles. The summed E-state index contributed by atoms with van der Waals surface area (Å²) in [5, 5.41) is 19.8. The van der Waals surface area contributed by atoms with Crippen molar-refractivity contribution >= 4 is 15.9 Å². The van der Waals surface area contributed by atoms with Crippen molar-refractivity contribution in [2.45, 2.75) is 44.2 Å². The highest BCUT2D eigenvalue weighted by Gasteiger charge is 2.21. The summed E-state index contributed by atoms with van der Waals surface area (Å²) in [7, 11) is 0. The molecule has 0 bridgehead atoms. The van der Waals surface area contributed by atoms with Crippen molar-refractivity contribution < 1.29 is 10.2 Å². The summed E-state index contributed by atoms with van der Waals surface area (Å²) in [4.78, 5) is 2.34. The normalized spacial score (nSPS) is 22.4. The Kier molecular flexibility index (Phi) is 6.49. The number of aliphatic hydroxyl groups excluding tert-OH is 2. The first-order chi connectivity index (χ1) is 9.70. The zero-order valence-electron chi connectivity index (χ0n) is 11.8. The molecule has 2 rings (SSSR count). The van der Waals surface area contributed by atoms with Crippen LogP contribution in [-0.2, 0) is 0 Å². The van der Waals surface area contributed by atoms with Gasteiger partial charge in [-0.2, -0.15) is 0 Å². The number of hydrogen-bond acceptors (Lipinski definition) is 3. The van der Waals surface area contributed by atoms with E-state index in [1.807, 2.05) is 24.3 Å². The minimum absolute atomic E-state index is 0.231. The fourth-order valence-corrected chi connectivity index (χ4v) is 3.14. The second kappa shape index (κ2) is 8.13. The number of nitrogens with zero attached hydrogens (tertiary/aromatic N) is 1. The number of hydrogen-bond donors (Lipinski definition) is 2. The fraction of sp³-hybridized carbons (Fsp3) is 0.625. The molecule has 1 aromatic rings. The Morgan fingerprint density at radius 1 is 1.20 bits per heavy atom. The van der Waals surface area contributed by atoms with Gasteiger partial charge in [0, 0.05) is 17.1 Å². The van der Waals surface area contributed by atoms with Crippen LogP contribution in [0, 0.1) is 0 Å². The molecular weight excluding hydrogens is 318 g/mol. The van der Waals surface area contributed by atoms with E-state index in [1.54, 1.807) is 0 Å². The van der Waals surface area contributed by atoms with Gasteiger partial charge in [0.15, 0.2) is 0 Å². The minimum Gasteiger partial charge on any atom is -0.395 e. The van der Waals surface area contributed by atoms with Crippen LogP contribution < -0.4 is 0 Å². The molecule has 0 aliphatic carbocycles. The molecule has 0 aromatic heterocycles. The Morgan fingerprint density at radius 3 is 2.65 bits per heavy atom. The van der Waals surface area contributed by atoms with Gasteiger partial charge in [0.25, 0.3) is 0 Å². The van der Waals surface area contributed by atoms with Gasteiger partial charge in [-0.15, -0.1) is 0 Å². The van der Waals surface area contributed by atoms with Crippen LogP contribution >= 0.6 is 15.9 Å². The summed E-state index contributed by atoms with van der Waals surface area (Å²) >= 11 is 3.40. The largest absolute Gasteiger partial charge is 0.395 e. The van der Waals surface area contributed by atoms with E-state index in [2.05, 4.69) is 20.8 Å². The van der Waals surface area contributed by atoms with E-state index in [4.69, 9.17) is 0 Å². The highest BCUT2D eigenvalue weighted by atomic mass is 79.9. The average molecular weight is 342 g/mol. The summed E-state index contributed by atoms with van der Waals surface area (Å²) in [5.41, 5.74) is 0.962.